The van der Waals surface area contributed by atoms with Gasteiger partial charge >= 0.3 is 0 Å². The molecule has 0 bridgehead atoms. The zero-order chi connectivity index (χ0) is 7.94. The van der Waals surface area contributed by atoms with E-state index in [1.807, 2.05) is 0 Å². The molecule has 0 aromatic carbocycles. The van der Waals surface area contributed by atoms with Crippen molar-refractivity contribution in [1.29, 1.82) is 0 Å². The van der Waals surface area contributed by atoms with Gasteiger partial charge in [0.1, 0.15) is 0 Å². The minimum atomic E-state index is -0.486. The topological polar surface area (TPSA) is 40.5 Å². The van der Waals surface area contributed by atoms with E-state index in [4.69, 9.17) is 5.11 Å². The summed E-state index contributed by atoms with van der Waals surface area (Å²) in [6.45, 7) is 6.27. The van der Waals surface area contributed by atoms with Crippen LogP contribution in [0.25, 0.3) is 0 Å². The largest absolute Gasteiger partial charge is 0.390 e. The van der Waals surface area contributed by atoms with Gasteiger partial charge < -0.3 is 10.2 Å². The summed E-state index contributed by atoms with van der Waals surface area (Å²) in [6, 6.07) is 0. The molecule has 0 aromatic heterocycles. The summed E-state index contributed by atoms with van der Waals surface area (Å²) in [5, 5.41) is 18.3. The zero-order valence-electron chi connectivity index (χ0n) is 6.83. The van der Waals surface area contributed by atoms with Gasteiger partial charge in [-0.15, -0.1) is 0 Å². The Hall–Kier alpha value is -0.0800. The molecule has 1 rings (SSSR count). The zero-order valence-corrected chi connectivity index (χ0v) is 6.83. The van der Waals surface area contributed by atoms with E-state index in [-0.39, 0.29) is 11.3 Å². The second kappa shape index (κ2) is 2.21. The normalized spacial score (nSPS) is 41.1. The standard InChI is InChI=1S/C8H16O2/c1-8(2,3)5-4-6(9)7(5)10/h5-7,9-10H,4H2,1-3H3/t5?,6-,7+/m1/s1. The molecule has 10 heavy (non-hydrogen) atoms. The molecule has 60 valence electrons. The van der Waals surface area contributed by atoms with Crippen molar-refractivity contribution >= 4 is 0 Å². The molecule has 2 heteroatoms. The lowest BCUT2D eigenvalue weighted by Gasteiger charge is -2.45. The van der Waals surface area contributed by atoms with Crippen molar-refractivity contribution in [3.63, 3.8) is 0 Å². The maximum atomic E-state index is 9.26. The second-order valence-corrected chi connectivity index (χ2v) is 4.27. The summed E-state index contributed by atoms with van der Waals surface area (Å²) in [4.78, 5) is 0. The number of rotatable bonds is 0. The highest BCUT2D eigenvalue weighted by atomic mass is 16.3. The minimum Gasteiger partial charge on any atom is -0.390 e. The van der Waals surface area contributed by atoms with E-state index < -0.39 is 12.2 Å². The maximum absolute atomic E-state index is 9.26. The van der Waals surface area contributed by atoms with Gasteiger partial charge in [-0.25, -0.2) is 0 Å². The number of hydrogen-bond acceptors (Lipinski definition) is 2. The van der Waals surface area contributed by atoms with Crippen molar-refractivity contribution in [2.45, 2.75) is 39.4 Å². The molecule has 1 aliphatic carbocycles. The third-order valence-electron chi connectivity index (χ3n) is 2.41. The Kier molecular flexibility index (Phi) is 1.77. The molecular formula is C8H16O2. The first kappa shape index (κ1) is 8.02. The Morgan fingerprint density at radius 3 is 1.80 bits per heavy atom. The van der Waals surface area contributed by atoms with E-state index in [0.717, 1.165) is 6.42 Å². The molecule has 0 spiro atoms. The van der Waals surface area contributed by atoms with Gasteiger partial charge in [0, 0.05) is 0 Å². The van der Waals surface area contributed by atoms with Gasteiger partial charge in [-0.2, -0.15) is 0 Å². The number of aliphatic hydroxyl groups excluding tert-OH is 2. The van der Waals surface area contributed by atoms with Crippen LogP contribution in [0.3, 0.4) is 0 Å². The Morgan fingerprint density at radius 1 is 1.20 bits per heavy atom. The van der Waals surface area contributed by atoms with Crippen LogP contribution in [0.2, 0.25) is 0 Å². The minimum absolute atomic E-state index is 0.138. The van der Waals surface area contributed by atoms with Crippen LogP contribution in [0.1, 0.15) is 27.2 Å². The summed E-state index contributed by atoms with van der Waals surface area (Å²) in [5.41, 5.74) is 0.138. The van der Waals surface area contributed by atoms with Crippen LogP contribution in [0, 0.1) is 11.3 Å². The molecule has 3 atom stereocenters. The Bertz CT molecular complexity index is 126. The average Bonchev–Trinajstić information content (AvgIpc) is 1.79. The molecule has 0 radical (unpaired) electrons. The van der Waals surface area contributed by atoms with Crippen LogP contribution >= 0.6 is 0 Å². The lowest BCUT2D eigenvalue weighted by atomic mass is 9.65. The van der Waals surface area contributed by atoms with Gasteiger partial charge in [-0.3, -0.25) is 0 Å². The third-order valence-corrected chi connectivity index (χ3v) is 2.41. The highest BCUT2D eigenvalue weighted by Gasteiger charge is 2.44. The van der Waals surface area contributed by atoms with E-state index in [2.05, 4.69) is 20.8 Å². The molecule has 1 fully saturated rings. The van der Waals surface area contributed by atoms with Crippen LogP contribution in [-0.2, 0) is 0 Å². The van der Waals surface area contributed by atoms with E-state index in [1.54, 1.807) is 0 Å². The van der Waals surface area contributed by atoms with Crippen molar-refractivity contribution in [1.82, 2.24) is 0 Å². The fourth-order valence-corrected chi connectivity index (χ4v) is 1.48. The SMILES string of the molecule is CC(C)(C)C1C[C@@H](O)[C@H]1O. The summed E-state index contributed by atoms with van der Waals surface area (Å²) in [5.74, 6) is 0.280. The van der Waals surface area contributed by atoms with Gasteiger partial charge in [-0.1, -0.05) is 20.8 Å². The molecule has 1 unspecified atom stereocenters. The highest BCUT2D eigenvalue weighted by Crippen LogP contribution is 2.41. The van der Waals surface area contributed by atoms with Gasteiger partial charge in [0.15, 0.2) is 0 Å². The molecule has 2 nitrogen and oxygen atoms in total. The van der Waals surface area contributed by atoms with E-state index in [0.29, 0.717) is 0 Å². The molecule has 0 amide bonds. The van der Waals surface area contributed by atoms with Crippen molar-refractivity contribution < 1.29 is 10.2 Å². The second-order valence-electron chi connectivity index (χ2n) is 4.27. The molecule has 1 saturated carbocycles. The fraction of sp³-hybridized carbons (Fsp3) is 1.00. The van der Waals surface area contributed by atoms with Crippen molar-refractivity contribution in [2.24, 2.45) is 11.3 Å². The molecule has 1 aliphatic rings. The molecule has 0 aromatic rings. The van der Waals surface area contributed by atoms with E-state index in [9.17, 15) is 5.11 Å². The Labute approximate surface area is 61.9 Å². The summed E-state index contributed by atoms with van der Waals surface area (Å²) in [7, 11) is 0. The number of hydrogen-bond donors (Lipinski definition) is 2. The van der Waals surface area contributed by atoms with Gasteiger partial charge in [0.2, 0.25) is 0 Å². The lowest BCUT2D eigenvalue weighted by molar-refractivity contribution is -0.137. The molecule has 2 N–H and O–H groups in total. The first-order valence-electron chi connectivity index (χ1n) is 3.79. The lowest BCUT2D eigenvalue weighted by Crippen LogP contribution is -2.51. The molecule has 0 heterocycles. The smallest absolute Gasteiger partial charge is 0.0833 e. The first-order valence-corrected chi connectivity index (χ1v) is 3.79. The van der Waals surface area contributed by atoms with E-state index in [1.165, 1.54) is 0 Å². The average molecular weight is 144 g/mol. The first-order chi connectivity index (χ1) is 4.43. The third kappa shape index (κ3) is 1.18. The van der Waals surface area contributed by atoms with Crippen molar-refractivity contribution in [2.75, 3.05) is 0 Å². The molecule has 0 aliphatic heterocycles. The maximum Gasteiger partial charge on any atom is 0.0833 e. The van der Waals surface area contributed by atoms with Crippen molar-refractivity contribution in [3.8, 4) is 0 Å². The fourth-order valence-electron chi connectivity index (χ4n) is 1.48. The Balaban J connectivity index is 2.48. The van der Waals surface area contributed by atoms with Crippen LogP contribution in [0.5, 0.6) is 0 Å². The highest BCUT2D eigenvalue weighted by molar-refractivity contribution is 4.94. The summed E-state index contributed by atoms with van der Waals surface area (Å²) in [6.07, 6.45) is -0.200. The van der Waals surface area contributed by atoms with Gasteiger partial charge in [0.25, 0.3) is 0 Å². The van der Waals surface area contributed by atoms with Crippen LogP contribution < -0.4 is 0 Å². The quantitative estimate of drug-likeness (QED) is 0.527. The summed E-state index contributed by atoms with van der Waals surface area (Å²) >= 11 is 0. The summed E-state index contributed by atoms with van der Waals surface area (Å²) < 4.78 is 0. The van der Waals surface area contributed by atoms with Crippen LogP contribution in [0.4, 0.5) is 0 Å². The predicted octanol–water partition coefficient (Wildman–Crippen LogP) is 0.774. The van der Waals surface area contributed by atoms with Crippen molar-refractivity contribution in [3.05, 3.63) is 0 Å². The Morgan fingerprint density at radius 2 is 1.70 bits per heavy atom. The van der Waals surface area contributed by atoms with Crippen LogP contribution in [-0.4, -0.2) is 22.4 Å². The number of aliphatic hydroxyl groups is 2. The molecular weight excluding hydrogens is 128 g/mol. The molecule has 0 saturated heterocycles. The monoisotopic (exact) mass is 144 g/mol. The van der Waals surface area contributed by atoms with Gasteiger partial charge in [0.05, 0.1) is 12.2 Å². The van der Waals surface area contributed by atoms with E-state index >= 15 is 0 Å². The predicted molar refractivity (Wildman–Crippen MR) is 39.6 cm³/mol. The van der Waals surface area contributed by atoms with Gasteiger partial charge in [-0.05, 0) is 17.8 Å². The van der Waals surface area contributed by atoms with Crippen LogP contribution in [0.15, 0.2) is 0 Å².